The normalized spacial score (nSPS) is 26.7. The summed E-state index contributed by atoms with van der Waals surface area (Å²) in [6, 6.07) is 21.2. The Morgan fingerprint density at radius 1 is 0.853 bits per heavy atom. The molecule has 2 aromatic carbocycles. The van der Waals surface area contributed by atoms with E-state index in [1.54, 1.807) is 14.2 Å². The average molecular weight is 487 g/mol. The SMILES string of the molecule is COC(OC)C1O[C@H](CO[Si](c2ccccc2)(c2ccccc2)C(C)(C)C)[C@H]2OC(C)(C)O[C@@H]12. The molecular formula is C27H38O6Si. The maximum Gasteiger partial charge on any atom is 0.261 e. The highest BCUT2D eigenvalue weighted by Crippen LogP contribution is 2.42. The van der Waals surface area contributed by atoms with Gasteiger partial charge in [0.1, 0.15) is 24.4 Å². The third kappa shape index (κ3) is 4.63. The van der Waals surface area contributed by atoms with Gasteiger partial charge in [0.05, 0.1) is 6.61 Å². The standard InChI is InChI=1S/C27H38O6Si/c1-26(2,3)34(19-14-10-8-11-15-19,20-16-12-9-13-17-20)30-18-21-22-23(33-27(4,5)32-22)24(31-21)25(28-6)29-7/h8-17,21-25H,18H2,1-7H3/t21-,22-,23-,24?/m1/s1. The molecule has 6 nitrogen and oxygen atoms in total. The van der Waals surface area contributed by atoms with E-state index in [1.165, 1.54) is 10.4 Å². The zero-order valence-corrected chi connectivity index (χ0v) is 22.3. The molecule has 34 heavy (non-hydrogen) atoms. The van der Waals surface area contributed by atoms with Crippen molar-refractivity contribution >= 4 is 18.7 Å². The van der Waals surface area contributed by atoms with Crippen LogP contribution in [0.25, 0.3) is 0 Å². The third-order valence-electron chi connectivity index (χ3n) is 6.80. The van der Waals surface area contributed by atoms with Crippen LogP contribution in [-0.2, 0) is 28.1 Å². The molecule has 0 N–H and O–H groups in total. The highest BCUT2D eigenvalue weighted by atomic mass is 28.4. The van der Waals surface area contributed by atoms with Gasteiger partial charge in [-0.05, 0) is 29.3 Å². The van der Waals surface area contributed by atoms with Crippen LogP contribution in [-0.4, -0.2) is 65.6 Å². The summed E-state index contributed by atoms with van der Waals surface area (Å²) >= 11 is 0. The fraction of sp³-hybridized carbons (Fsp3) is 0.556. The van der Waals surface area contributed by atoms with Crippen LogP contribution in [0.2, 0.25) is 5.04 Å². The quantitative estimate of drug-likeness (QED) is 0.421. The second-order valence-corrected chi connectivity index (χ2v) is 14.8. The summed E-state index contributed by atoms with van der Waals surface area (Å²) in [6.45, 7) is 11.0. The summed E-state index contributed by atoms with van der Waals surface area (Å²) < 4.78 is 37.1. The molecule has 4 rings (SSSR count). The van der Waals surface area contributed by atoms with E-state index < -0.39 is 26.5 Å². The summed E-state index contributed by atoms with van der Waals surface area (Å²) in [4.78, 5) is 0. The van der Waals surface area contributed by atoms with E-state index in [2.05, 4.69) is 69.3 Å². The Bertz CT molecular complexity index is 886. The molecule has 0 spiro atoms. The van der Waals surface area contributed by atoms with Gasteiger partial charge in [0, 0.05) is 14.2 Å². The first kappa shape index (κ1) is 25.5. The summed E-state index contributed by atoms with van der Waals surface area (Å²) in [7, 11) is 0.520. The number of benzene rings is 2. The van der Waals surface area contributed by atoms with Crippen molar-refractivity contribution in [3.63, 3.8) is 0 Å². The molecule has 0 amide bonds. The predicted octanol–water partition coefficient (Wildman–Crippen LogP) is 3.47. The number of hydrogen-bond donors (Lipinski definition) is 0. The van der Waals surface area contributed by atoms with Crippen molar-refractivity contribution in [2.75, 3.05) is 20.8 Å². The molecule has 2 aromatic rings. The van der Waals surface area contributed by atoms with Gasteiger partial charge in [0.2, 0.25) is 0 Å². The van der Waals surface area contributed by atoms with E-state index in [4.69, 9.17) is 28.1 Å². The van der Waals surface area contributed by atoms with E-state index >= 15 is 0 Å². The number of rotatable bonds is 8. The largest absolute Gasteiger partial charge is 0.405 e. The molecule has 2 heterocycles. The molecule has 0 bridgehead atoms. The number of fused-ring (bicyclic) bond motifs is 1. The van der Waals surface area contributed by atoms with Gasteiger partial charge < -0.3 is 28.1 Å². The summed E-state index contributed by atoms with van der Waals surface area (Å²) in [5, 5.41) is 2.34. The average Bonchev–Trinajstić information content (AvgIpc) is 3.29. The van der Waals surface area contributed by atoms with Gasteiger partial charge >= 0.3 is 0 Å². The zero-order chi connectivity index (χ0) is 24.6. The summed E-state index contributed by atoms with van der Waals surface area (Å²) in [6.07, 6.45) is -1.85. The van der Waals surface area contributed by atoms with Gasteiger partial charge in [-0.3, -0.25) is 0 Å². The monoisotopic (exact) mass is 486 g/mol. The maximum atomic E-state index is 7.12. The maximum absolute atomic E-state index is 7.12. The van der Waals surface area contributed by atoms with E-state index in [0.29, 0.717) is 6.61 Å². The van der Waals surface area contributed by atoms with Crippen LogP contribution in [0.4, 0.5) is 0 Å². The Hall–Kier alpha value is -1.58. The van der Waals surface area contributed by atoms with Crippen molar-refractivity contribution < 1.29 is 28.1 Å². The van der Waals surface area contributed by atoms with Crippen LogP contribution in [0.5, 0.6) is 0 Å². The highest BCUT2D eigenvalue weighted by molar-refractivity contribution is 6.99. The van der Waals surface area contributed by atoms with Crippen LogP contribution in [0, 0.1) is 0 Å². The van der Waals surface area contributed by atoms with Gasteiger partial charge in [0.15, 0.2) is 12.1 Å². The lowest BCUT2D eigenvalue weighted by Gasteiger charge is -2.43. The van der Waals surface area contributed by atoms with Gasteiger partial charge in [0.25, 0.3) is 8.32 Å². The van der Waals surface area contributed by atoms with E-state index in [-0.39, 0.29) is 23.4 Å². The molecule has 0 aliphatic carbocycles. The Morgan fingerprint density at radius 3 is 1.82 bits per heavy atom. The lowest BCUT2D eigenvalue weighted by molar-refractivity contribution is -0.234. The topological polar surface area (TPSA) is 55.4 Å². The highest BCUT2D eigenvalue weighted by Gasteiger charge is 2.59. The molecule has 0 saturated carbocycles. The summed E-state index contributed by atoms with van der Waals surface area (Å²) in [5.74, 6) is -0.709. The minimum absolute atomic E-state index is 0.124. The van der Waals surface area contributed by atoms with Crippen LogP contribution < -0.4 is 10.4 Å². The molecule has 2 aliphatic rings. The van der Waals surface area contributed by atoms with Gasteiger partial charge in [-0.2, -0.15) is 0 Å². The molecule has 186 valence electrons. The van der Waals surface area contributed by atoms with Crippen LogP contribution >= 0.6 is 0 Å². The number of hydrogen-bond acceptors (Lipinski definition) is 6. The summed E-state index contributed by atoms with van der Waals surface area (Å²) in [5.41, 5.74) is 0. The Morgan fingerprint density at radius 2 is 1.35 bits per heavy atom. The minimum atomic E-state index is -2.70. The van der Waals surface area contributed by atoms with Crippen molar-refractivity contribution in [3.8, 4) is 0 Å². The van der Waals surface area contributed by atoms with Crippen molar-refractivity contribution in [3.05, 3.63) is 60.7 Å². The van der Waals surface area contributed by atoms with Crippen molar-refractivity contribution in [1.29, 1.82) is 0 Å². The molecule has 2 saturated heterocycles. The second kappa shape index (κ2) is 9.82. The zero-order valence-electron chi connectivity index (χ0n) is 21.3. The van der Waals surface area contributed by atoms with Crippen molar-refractivity contribution in [2.24, 2.45) is 0 Å². The second-order valence-electron chi connectivity index (χ2n) is 10.5. The van der Waals surface area contributed by atoms with Gasteiger partial charge in [-0.25, -0.2) is 0 Å². The first-order valence-corrected chi connectivity index (χ1v) is 13.9. The lowest BCUT2D eigenvalue weighted by atomic mass is 10.1. The van der Waals surface area contributed by atoms with Gasteiger partial charge in [-0.1, -0.05) is 81.4 Å². The molecular weight excluding hydrogens is 448 g/mol. The van der Waals surface area contributed by atoms with Crippen molar-refractivity contribution in [1.82, 2.24) is 0 Å². The minimum Gasteiger partial charge on any atom is -0.405 e. The number of methoxy groups -OCH3 is 2. The van der Waals surface area contributed by atoms with Crippen molar-refractivity contribution in [2.45, 2.75) is 76.1 Å². The molecule has 2 aliphatic heterocycles. The Labute approximate surface area is 204 Å². The lowest BCUT2D eigenvalue weighted by Crippen LogP contribution is -2.67. The van der Waals surface area contributed by atoms with E-state index in [9.17, 15) is 0 Å². The Balaban J connectivity index is 1.69. The fourth-order valence-corrected chi connectivity index (χ4v) is 9.97. The molecule has 2 fully saturated rings. The predicted molar refractivity (Wildman–Crippen MR) is 134 cm³/mol. The Kier molecular flexibility index (Phi) is 7.36. The smallest absolute Gasteiger partial charge is 0.261 e. The van der Waals surface area contributed by atoms with Crippen LogP contribution in [0.3, 0.4) is 0 Å². The first-order valence-electron chi connectivity index (χ1n) is 11.9. The van der Waals surface area contributed by atoms with E-state index in [1.807, 2.05) is 26.0 Å². The molecule has 4 atom stereocenters. The van der Waals surface area contributed by atoms with E-state index in [0.717, 1.165) is 0 Å². The molecule has 0 aromatic heterocycles. The molecule has 0 radical (unpaired) electrons. The van der Waals surface area contributed by atoms with Crippen LogP contribution in [0.1, 0.15) is 34.6 Å². The third-order valence-corrected chi connectivity index (χ3v) is 11.8. The van der Waals surface area contributed by atoms with Crippen LogP contribution in [0.15, 0.2) is 60.7 Å². The number of ether oxygens (including phenoxy) is 5. The fourth-order valence-electron chi connectivity index (χ4n) is 5.40. The van der Waals surface area contributed by atoms with Gasteiger partial charge in [-0.15, -0.1) is 0 Å². The molecule has 7 heteroatoms. The first-order chi connectivity index (χ1) is 16.1. The molecule has 1 unspecified atom stereocenters.